The second-order valence-corrected chi connectivity index (χ2v) is 6.43. The topological polar surface area (TPSA) is 59.3 Å². The number of hydrogen-bond donors (Lipinski definition) is 1. The van der Waals surface area contributed by atoms with Crippen LogP contribution in [0.5, 0.6) is 0 Å². The zero-order valence-electron chi connectivity index (χ0n) is 11.3. The van der Waals surface area contributed by atoms with Crippen LogP contribution in [-0.4, -0.2) is 8.42 Å². The Labute approximate surface area is 117 Å². The average molecular weight is 297 g/mol. The highest BCUT2D eigenvalue weighted by atomic mass is 32.2. The summed E-state index contributed by atoms with van der Waals surface area (Å²) in [5.41, 5.74) is 0.529. The largest absolute Gasteiger partial charge is 0.465 e. The van der Waals surface area contributed by atoms with E-state index in [9.17, 15) is 12.8 Å². The standard InChI is InChI=1S/C14H16FNO3S/c1-10-3-8-14(19-10)11(2)16-20(17,18)9-12-4-6-13(15)7-5-12/h3-8,11,16H,9H2,1-2H3/t11-/m1/s1. The first kappa shape index (κ1) is 14.7. The highest BCUT2D eigenvalue weighted by Crippen LogP contribution is 2.17. The number of furan rings is 1. The number of hydrogen-bond acceptors (Lipinski definition) is 3. The Morgan fingerprint density at radius 2 is 1.85 bits per heavy atom. The van der Waals surface area contributed by atoms with Crippen molar-refractivity contribution in [1.82, 2.24) is 4.72 Å². The fourth-order valence-electron chi connectivity index (χ4n) is 1.86. The second kappa shape index (κ2) is 5.76. The van der Waals surface area contributed by atoms with Crippen LogP contribution in [0.4, 0.5) is 4.39 Å². The van der Waals surface area contributed by atoms with Crippen LogP contribution in [0.2, 0.25) is 0 Å². The number of nitrogens with one attached hydrogen (secondary N) is 1. The number of benzene rings is 1. The van der Waals surface area contributed by atoms with Gasteiger partial charge in [-0.1, -0.05) is 12.1 Å². The van der Waals surface area contributed by atoms with E-state index in [-0.39, 0.29) is 5.75 Å². The summed E-state index contributed by atoms with van der Waals surface area (Å²) in [6, 6.07) is 8.45. The summed E-state index contributed by atoms with van der Waals surface area (Å²) in [7, 11) is -3.52. The molecule has 0 unspecified atom stereocenters. The molecule has 0 saturated carbocycles. The number of rotatable bonds is 5. The summed E-state index contributed by atoms with van der Waals surface area (Å²) in [5, 5.41) is 0. The van der Waals surface area contributed by atoms with Crippen molar-refractivity contribution in [2.45, 2.75) is 25.6 Å². The second-order valence-electron chi connectivity index (χ2n) is 4.67. The third-order valence-corrected chi connectivity index (χ3v) is 4.24. The molecule has 0 amide bonds. The zero-order chi connectivity index (χ0) is 14.8. The summed E-state index contributed by atoms with van der Waals surface area (Å²) in [6.07, 6.45) is 0. The Kier molecular flexibility index (Phi) is 4.25. The molecule has 0 aliphatic heterocycles. The van der Waals surface area contributed by atoms with Crippen molar-refractivity contribution >= 4 is 10.0 Å². The fourth-order valence-corrected chi connectivity index (χ4v) is 3.22. The van der Waals surface area contributed by atoms with Crippen LogP contribution in [0, 0.1) is 12.7 Å². The highest BCUT2D eigenvalue weighted by Gasteiger charge is 2.18. The molecule has 2 aromatic rings. The Morgan fingerprint density at radius 3 is 2.40 bits per heavy atom. The van der Waals surface area contributed by atoms with E-state index in [0.717, 1.165) is 5.76 Å². The van der Waals surface area contributed by atoms with E-state index in [0.29, 0.717) is 11.3 Å². The molecule has 4 nitrogen and oxygen atoms in total. The molecule has 1 N–H and O–H groups in total. The van der Waals surface area contributed by atoms with Gasteiger partial charge >= 0.3 is 0 Å². The van der Waals surface area contributed by atoms with Crippen LogP contribution in [-0.2, 0) is 15.8 Å². The van der Waals surface area contributed by atoms with Crippen LogP contribution in [0.15, 0.2) is 40.8 Å². The number of halogens is 1. The van der Waals surface area contributed by atoms with E-state index in [1.54, 1.807) is 26.0 Å². The van der Waals surface area contributed by atoms with Crippen molar-refractivity contribution < 1.29 is 17.2 Å². The zero-order valence-corrected chi connectivity index (χ0v) is 12.1. The summed E-state index contributed by atoms with van der Waals surface area (Å²) in [5.74, 6) is 0.699. The predicted molar refractivity (Wildman–Crippen MR) is 74.0 cm³/mol. The van der Waals surface area contributed by atoms with Crippen LogP contribution in [0.3, 0.4) is 0 Å². The quantitative estimate of drug-likeness (QED) is 0.923. The summed E-state index contributed by atoms with van der Waals surface area (Å²) in [6.45, 7) is 3.50. The Bertz CT molecular complexity index is 677. The molecule has 108 valence electrons. The molecule has 0 radical (unpaired) electrons. The minimum Gasteiger partial charge on any atom is -0.465 e. The lowest BCUT2D eigenvalue weighted by molar-refractivity contribution is 0.441. The van der Waals surface area contributed by atoms with Crippen molar-refractivity contribution in [2.75, 3.05) is 0 Å². The molecular formula is C14H16FNO3S. The normalized spacial score (nSPS) is 13.3. The molecule has 0 spiro atoms. The molecule has 1 atom stereocenters. The fraction of sp³-hybridized carbons (Fsp3) is 0.286. The third kappa shape index (κ3) is 3.91. The molecule has 0 aliphatic carbocycles. The highest BCUT2D eigenvalue weighted by molar-refractivity contribution is 7.88. The van der Waals surface area contributed by atoms with Gasteiger partial charge in [0.05, 0.1) is 11.8 Å². The lowest BCUT2D eigenvalue weighted by Gasteiger charge is -2.12. The number of sulfonamides is 1. The minimum absolute atomic E-state index is 0.197. The predicted octanol–water partition coefficient (Wildman–Crippen LogP) is 2.91. The van der Waals surface area contributed by atoms with E-state index >= 15 is 0 Å². The van der Waals surface area contributed by atoms with Gasteiger partial charge in [-0.3, -0.25) is 0 Å². The molecule has 0 bridgehead atoms. The lowest BCUT2D eigenvalue weighted by atomic mass is 10.2. The molecule has 2 rings (SSSR count). The van der Waals surface area contributed by atoms with E-state index in [4.69, 9.17) is 4.42 Å². The van der Waals surface area contributed by atoms with Gasteiger partial charge in [-0.2, -0.15) is 0 Å². The summed E-state index contributed by atoms with van der Waals surface area (Å²) < 4.78 is 44.7. The van der Waals surface area contributed by atoms with Gasteiger partial charge in [-0.15, -0.1) is 0 Å². The molecule has 6 heteroatoms. The van der Waals surface area contributed by atoms with Gasteiger partial charge < -0.3 is 4.42 Å². The summed E-state index contributed by atoms with van der Waals surface area (Å²) >= 11 is 0. The van der Waals surface area contributed by atoms with E-state index in [1.807, 2.05) is 0 Å². The van der Waals surface area contributed by atoms with Gasteiger partial charge in [0.15, 0.2) is 0 Å². The number of aryl methyl sites for hydroxylation is 1. The molecule has 20 heavy (non-hydrogen) atoms. The average Bonchev–Trinajstić information content (AvgIpc) is 2.78. The molecule has 1 heterocycles. The molecule has 1 aromatic heterocycles. The molecule has 0 fully saturated rings. The maximum Gasteiger partial charge on any atom is 0.216 e. The summed E-state index contributed by atoms with van der Waals surface area (Å²) in [4.78, 5) is 0. The van der Waals surface area contributed by atoms with Crippen molar-refractivity contribution in [3.8, 4) is 0 Å². The van der Waals surface area contributed by atoms with Crippen LogP contribution < -0.4 is 4.72 Å². The molecule has 0 saturated heterocycles. The minimum atomic E-state index is -3.52. The first-order valence-corrected chi connectivity index (χ1v) is 7.82. The van der Waals surface area contributed by atoms with Gasteiger partial charge in [0.2, 0.25) is 10.0 Å². The van der Waals surface area contributed by atoms with Gasteiger partial charge in [0.1, 0.15) is 17.3 Å². The molecule has 1 aromatic carbocycles. The Morgan fingerprint density at radius 1 is 1.20 bits per heavy atom. The van der Waals surface area contributed by atoms with Crippen molar-refractivity contribution in [1.29, 1.82) is 0 Å². The first-order chi connectivity index (χ1) is 9.35. The van der Waals surface area contributed by atoms with Gasteiger partial charge in [-0.25, -0.2) is 17.5 Å². The van der Waals surface area contributed by atoms with Gasteiger partial charge in [0.25, 0.3) is 0 Å². The van der Waals surface area contributed by atoms with Crippen LogP contribution >= 0.6 is 0 Å². The molecule has 0 aliphatic rings. The maximum absolute atomic E-state index is 12.8. The van der Waals surface area contributed by atoms with Gasteiger partial charge in [-0.05, 0) is 43.7 Å². The van der Waals surface area contributed by atoms with Crippen molar-refractivity contribution in [3.63, 3.8) is 0 Å². The smallest absolute Gasteiger partial charge is 0.216 e. The Balaban J connectivity index is 2.05. The van der Waals surface area contributed by atoms with Gasteiger partial charge in [0, 0.05) is 0 Å². The van der Waals surface area contributed by atoms with Crippen LogP contribution in [0.1, 0.15) is 30.0 Å². The lowest BCUT2D eigenvalue weighted by Crippen LogP contribution is -2.27. The first-order valence-electron chi connectivity index (χ1n) is 6.16. The van der Waals surface area contributed by atoms with E-state index in [1.165, 1.54) is 24.3 Å². The SMILES string of the molecule is Cc1ccc([C@@H](C)NS(=O)(=O)Cc2ccc(F)cc2)o1. The van der Waals surface area contributed by atoms with Crippen molar-refractivity contribution in [2.24, 2.45) is 0 Å². The Hall–Kier alpha value is -1.66. The van der Waals surface area contributed by atoms with E-state index in [2.05, 4.69) is 4.72 Å². The third-order valence-electron chi connectivity index (χ3n) is 2.81. The maximum atomic E-state index is 12.8. The van der Waals surface area contributed by atoms with Crippen molar-refractivity contribution in [3.05, 3.63) is 59.3 Å². The van der Waals surface area contributed by atoms with E-state index < -0.39 is 21.9 Å². The molecular weight excluding hydrogens is 281 g/mol. The van der Waals surface area contributed by atoms with Crippen LogP contribution in [0.25, 0.3) is 0 Å². The monoisotopic (exact) mass is 297 g/mol.